The van der Waals surface area contributed by atoms with Gasteiger partial charge >= 0.3 is 0 Å². The molecule has 1 amide bonds. The Morgan fingerprint density at radius 3 is 1.93 bits per heavy atom. The van der Waals surface area contributed by atoms with Crippen molar-refractivity contribution in [1.29, 1.82) is 0 Å². The molecule has 0 radical (unpaired) electrons. The molecule has 0 aliphatic heterocycles. The van der Waals surface area contributed by atoms with E-state index >= 15 is 0 Å². The number of sulfonamides is 1. The zero-order chi connectivity index (χ0) is 20.3. The highest BCUT2D eigenvalue weighted by Gasteiger charge is 2.16. The van der Waals surface area contributed by atoms with Gasteiger partial charge in [-0.1, -0.05) is 35.9 Å². The zero-order valence-electron chi connectivity index (χ0n) is 16.0. The van der Waals surface area contributed by atoms with Crippen LogP contribution in [0.1, 0.15) is 27.0 Å². The third-order valence-corrected chi connectivity index (χ3v) is 5.75. The highest BCUT2D eigenvalue weighted by atomic mass is 32.2. The SMILES string of the molecule is Cc1cc(C)c(C(=O)Nc2ccc(S(=O)(=O)Nc3ccccc3)cc2)c(C)c1. The normalized spacial score (nSPS) is 11.1. The van der Waals surface area contributed by atoms with Crippen molar-refractivity contribution in [3.63, 3.8) is 0 Å². The number of carbonyl (C=O) groups is 1. The second kappa shape index (κ2) is 7.86. The largest absolute Gasteiger partial charge is 0.322 e. The molecule has 0 atom stereocenters. The van der Waals surface area contributed by atoms with Crippen LogP contribution in [0.4, 0.5) is 11.4 Å². The van der Waals surface area contributed by atoms with Gasteiger partial charge in [0.2, 0.25) is 0 Å². The van der Waals surface area contributed by atoms with E-state index in [2.05, 4.69) is 10.0 Å². The minimum absolute atomic E-state index is 0.122. The summed E-state index contributed by atoms with van der Waals surface area (Å²) in [4.78, 5) is 12.8. The van der Waals surface area contributed by atoms with Gasteiger partial charge in [0.25, 0.3) is 15.9 Å². The van der Waals surface area contributed by atoms with Crippen molar-refractivity contribution in [1.82, 2.24) is 0 Å². The van der Waals surface area contributed by atoms with Gasteiger partial charge in [0.05, 0.1) is 4.90 Å². The van der Waals surface area contributed by atoms with E-state index in [9.17, 15) is 13.2 Å². The number of hydrogen-bond acceptors (Lipinski definition) is 3. The summed E-state index contributed by atoms with van der Waals surface area (Å²) in [7, 11) is -3.69. The molecular formula is C22H22N2O3S. The maximum absolute atomic E-state index is 12.6. The first-order valence-electron chi connectivity index (χ1n) is 8.83. The number of benzene rings is 3. The average molecular weight is 394 g/mol. The van der Waals surface area contributed by atoms with E-state index in [4.69, 9.17) is 0 Å². The Morgan fingerprint density at radius 1 is 0.786 bits per heavy atom. The molecule has 0 aromatic heterocycles. The molecule has 0 unspecified atom stereocenters. The molecule has 5 nitrogen and oxygen atoms in total. The molecule has 0 spiro atoms. The second-order valence-corrected chi connectivity index (χ2v) is 8.41. The van der Waals surface area contributed by atoms with Gasteiger partial charge in [-0.25, -0.2) is 8.42 Å². The average Bonchev–Trinajstić information content (AvgIpc) is 2.61. The van der Waals surface area contributed by atoms with Gasteiger partial charge in [0.15, 0.2) is 0 Å². The van der Waals surface area contributed by atoms with Crippen molar-refractivity contribution in [3.05, 3.63) is 89.0 Å². The molecule has 3 rings (SSSR count). The van der Waals surface area contributed by atoms with Crippen LogP contribution in [0.5, 0.6) is 0 Å². The molecule has 2 N–H and O–H groups in total. The second-order valence-electron chi connectivity index (χ2n) is 6.72. The Bertz CT molecular complexity index is 1080. The highest BCUT2D eigenvalue weighted by molar-refractivity contribution is 7.92. The quantitative estimate of drug-likeness (QED) is 0.661. The summed E-state index contributed by atoms with van der Waals surface area (Å²) in [6.07, 6.45) is 0. The fourth-order valence-corrected chi connectivity index (χ4v) is 4.23. The molecule has 6 heteroatoms. The summed E-state index contributed by atoms with van der Waals surface area (Å²) >= 11 is 0. The number of hydrogen-bond donors (Lipinski definition) is 2. The first kappa shape index (κ1) is 19.6. The Kier molecular flexibility index (Phi) is 5.51. The van der Waals surface area contributed by atoms with Crippen LogP contribution < -0.4 is 10.0 Å². The van der Waals surface area contributed by atoms with Crippen molar-refractivity contribution in [2.24, 2.45) is 0 Å². The highest BCUT2D eigenvalue weighted by Crippen LogP contribution is 2.21. The fourth-order valence-electron chi connectivity index (χ4n) is 3.17. The van der Waals surface area contributed by atoms with Gasteiger partial charge in [-0.2, -0.15) is 0 Å². The summed E-state index contributed by atoms with van der Waals surface area (Å²) in [6, 6.07) is 18.7. The van der Waals surface area contributed by atoms with Crippen molar-refractivity contribution >= 4 is 27.3 Å². The lowest BCUT2D eigenvalue weighted by atomic mass is 9.99. The van der Waals surface area contributed by atoms with E-state index in [1.807, 2.05) is 39.0 Å². The van der Waals surface area contributed by atoms with Crippen molar-refractivity contribution in [2.75, 3.05) is 10.0 Å². The van der Waals surface area contributed by atoms with Crippen LogP contribution in [0.2, 0.25) is 0 Å². The van der Waals surface area contributed by atoms with Crippen LogP contribution in [0.3, 0.4) is 0 Å². The molecule has 0 fully saturated rings. The van der Waals surface area contributed by atoms with E-state index in [1.165, 1.54) is 12.1 Å². The smallest absolute Gasteiger partial charge is 0.261 e. The van der Waals surface area contributed by atoms with Crippen molar-refractivity contribution < 1.29 is 13.2 Å². The summed E-state index contributed by atoms with van der Waals surface area (Å²) in [5.41, 5.74) is 4.57. The number of amides is 1. The van der Waals surface area contributed by atoms with Gasteiger partial charge in [-0.3, -0.25) is 9.52 Å². The van der Waals surface area contributed by atoms with Gasteiger partial charge in [0, 0.05) is 16.9 Å². The molecule has 0 aliphatic rings. The summed E-state index contributed by atoms with van der Waals surface area (Å²) < 4.78 is 27.5. The zero-order valence-corrected chi connectivity index (χ0v) is 16.8. The molecule has 0 heterocycles. The van der Waals surface area contributed by atoms with E-state index in [0.717, 1.165) is 16.7 Å². The number of para-hydroxylation sites is 1. The summed E-state index contributed by atoms with van der Waals surface area (Å²) in [5.74, 6) is -0.215. The van der Waals surface area contributed by atoms with E-state index < -0.39 is 10.0 Å². The van der Waals surface area contributed by atoms with Gasteiger partial charge in [0.1, 0.15) is 0 Å². The Labute approximate surface area is 165 Å². The topological polar surface area (TPSA) is 75.3 Å². The maximum atomic E-state index is 12.6. The fraction of sp³-hybridized carbons (Fsp3) is 0.136. The van der Waals surface area contributed by atoms with Crippen molar-refractivity contribution in [3.8, 4) is 0 Å². The van der Waals surface area contributed by atoms with Gasteiger partial charge in [-0.05, 0) is 68.3 Å². The number of nitrogens with one attached hydrogen (secondary N) is 2. The summed E-state index contributed by atoms with van der Waals surface area (Å²) in [5, 5.41) is 2.83. The monoisotopic (exact) mass is 394 g/mol. The Hall–Kier alpha value is -3.12. The molecule has 0 aliphatic carbocycles. The lowest BCUT2D eigenvalue weighted by Crippen LogP contribution is -2.16. The minimum atomic E-state index is -3.69. The van der Waals surface area contributed by atoms with Gasteiger partial charge in [-0.15, -0.1) is 0 Å². The molecule has 0 saturated carbocycles. The van der Waals surface area contributed by atoms with Crippen LogP contribution in [0.25, 0.3) is 0 Å². The van der Waals surface area contributed by atoms with Crippen LogP contribution in [-0.4, -0.2) is 14.3 Å². The molecule has 0 bridgehead atoms. The number of rotatable bonds is 5. The Balaban J connectivity index is 1.77. The number of carbonyl (C=O) groups excluding carboxylic acids is 1. The lowest BCUT2D eigenvalue weighted by Gasteiger charge is -2.12. The lowest BCUT2D eigenvalue weighted by molar-refractivity contribution is 0.102. The molecule has 144 valence electrons. The van der Waals surface area contributed by atoms with Crippen LogP contribution >= 0.6 is 0 Å². The number of anilines is 2. The minimum Gasteiger partial charge on any atom is -0.322 e. The molecular weight excluding hydrogens is 372 g/mol. The third-order valence-electron chi connectivity index (χ3n) is 4.35. The molecule has 3 aromatic rings. The van der Waals surface area contributed by atoms with Crippen LogP contribution in [-0.2, 0) is 10.0 Å². The summed E-state index contributed by atoms with van der Waals surface area (Å²) in [6.45, 7) is 5.80. The van der Waals surface area contributed by atoms with Crippen LogP contribution in [0.15, 0.2) is 71.6 Å². The first-order valence-corrected chi connectivity index (χ1v) is 10.3. The van der Waals surface area contributed by atoms with Crippen LogP contribution in [0, 0.1) is 20.8 Å². The Morgan fingerprint density at radius 2 is 1.36 bits per heavy atom. The van der Waals surface area contributed by atoms with Crippen molar-refractivity contribution in [2.45, 2.75) is 25.7 Å². The standard InChI is InChI=1S/C22H22N2O3S/c1-15-13-16(2)21(17(3)14-15)22(25)23-18-9-11-20(12-10-18)28(26,27)24-19-7-5-4-6-8-19/h4-14,24H,1-3H3,(H,23,25). The van der Waals surface area contributed by atoms with E-state index in [1.54, 1.807) is 36.4 Å². The third kappa shape index (κ3) is 4.40. The number of aryl methyl sites for hydroxylation is 3. The predicted molar refractivity (Wildman–Crippen MR) is 112 cm³/mol. The molecule has 0 saturated heterocycles. The first-order chi connectivity index (χ1) is 13.3. The van der Waals surface area contributed by atoms with E-state index in [-0.39, 0.29) is 10.8 Å². The molecule has 28 heavy (non-hydrogen) atoms. The van der Waals surface area contributed by atoms with E-state index in [0.29, 0.717) is 16.9 Å². The maximum Gasteiger partial charge on any atom is 0.261 e. The molecule has 3 aromatic carbocycles. The van der Waals surface area contributed by atoms with Gasteiger partial charge < -0.3 is 5.32 Å². The predicted octanol–water partition coefficient (Wildman–Crippen LogP) is 4.66.